The normalized spacial score (nSPS) is 30.3. The third-order valence-corrected chi connectivity index (χ3v) is 4.54. The van der Waals surface area contributed by atoms with E-state index in [2.05, 4.69) is 5.32 Å². The minimum atomic E-state index is -0.427. The topological polar surface area (TPSA) is 67.8 Å². The number of carbonyl (C=O) groups excluding carboxylic acids is 1. The number of aliphatic hydroxyl groups is 1. The van der Waals surface area contributed by atoms with Crippen LogP contribution in [0.5, 0.6) is 0 Å². The van der Waals surface area contributed by atoms with Crippen LogP contribution >= 0.6 is 0 Å². The van der Waals surface area contributed by atoms with Crippen molar-refractivity contribution in [2.75, 3.05) is 19.8 Å². The van der Waals surface area contributed by atoms with E-state index in [1.54, 1.807) is 0 Å². The number of rotatable bonds is 5. The first-order valence-electron chi connectivity index (χ1n) is 7.35. The Morgan fingerprint density at radius 1 is 1.33 bits per heavy atom. The zero-order valence-electron chi connectivity index (χ0n) is 12.0. The van der Waals surface area contributed by atoms with E-state index < -0.39 is 6.09 Å². The van der Waals surface area contributed by atoms with E-state index in [4.69, 9.17) is 9.47 Å². The number of fused-ring (bicyclic) bond motifs is 2. The zero-order chi connectivity index (χ0) is 14.8. The second kappa shape index (κ2) is 5.66. The second-order valence-corrected chi connectivity index (χ2v) is 6.21. The van der Waals surface area contributed by atoms with Crippen LogP contribution in [0.15, 0.2) is 30.3 Å². The number of aliphatic hydroxyl groups excluding tert-OH is 1. The van der Waals surface area contributed by atoms with Crippen LogP contribution in [-0.4, -0.2) is 36.6 Å². The van der Waals surface area contributed by atoms with Crippen molar-refractivity contribution in [2.45, 2.75) is 31.5 Å². The first-order valence-corrected chi connectivity index (χ1v) is 7.35. The number of hydrogen-bond donors (Lipinski definition) is 2. The molecule has 2 heterocycles. The lowest BCUT2D eigenvalue weighted by atomic mass is 9.56. The average Bonchev–Trinajstić information content (AvgIpc) is 2.51. The van der Waals surface area contributed by atoms with Crippen molar-refractivity contribution >= 4 is 6.09 Å². The Hall–Kier alpha value is -1.59. The summed E-state index contributed by atoms with van der Waals surface area (Å²) in [6.45, 7) is 1.57. The molecule has 114 valence electrons. The molecule has 1 aromatic carbocycles. The summed E-state index contributed by atoms with van der Waals surface area (Å²) in [7, 11) is 0. The van der Waals surface area contributed by atoms with Crippen molar-refractivity contribution in [3.05, 3.63) is 35.9 Å². The third-order valence-electron chi connectivity index (χ3n) is 4.54. The molecular weight excluding hydrogens is 270 g/mol. The van der Waals surface area contributed by atoms with Crippen LogP contribution in [0, 0.1) is 5.41 Å². The minimum absolute atomic E-state index is 0.0217. The number of ether oxygens (including phenoxy) is 2. The average molecular weight is 291 g/mol. The summed E-state index contributed by atoms with van der Waals surface area (Å²) >= 11 is 0. The second-order valence-electron chi connectivity index (χ2n) is 6.21. The summed E-state index contributed by atoms with van der Waals surface area (Å²) in [5, 5.41) is 12.2. The van der Waals surface area contributed by atoms with Crippen LogP contribution in [0.3, 0.4) is 0 Å². The molecule has 2 N–H and O–H groups in total. The number of alkyl carbamates (subject to hydrolysis) is 1. The van der Waals surface area contributed by atoms with Crippen molar-refractivity contribution in [3.63, 3.8) is 0 Å². The van der Waals surface area contributed by atoms with Gasteiger partial charge in [0.25, 0.3) is 0 Å². The molecule has 1 amide bonds. The summed E-state index contributed by atoms with van der Waals surface area (Å²) < 4.78 is 11.0. The maximum atomic E-state index is 11.7. The molecule has 2 saturated heterocycles. The SMILES string of the molecule is O=C(NCC12CC(CO)(CCO1)C2)OCc1ccccc1. The van der Waals surface area contributed by atoms with Gasteiger partial charge in [-0.1, -0.05) is 30.3 Å². The lowest BCUT2D eigenvalue weighted by Crippen LogP contribution is -2.64. The van der Waals surface area contributed by atoms with E-state index >= 15 is 0 Å². The molecule has 1 saturated carbocycles. The fourth-order valence-corrected chi connectivity index (χ4v) is 3.45. The van der Waals surface area contributed by atoms with Gasteiger partial charge in [0.2, 0.25) is 0 Å². The highest BCUT2D eigenvalue weighted by Gasteiger charge is 2.58. The number of amides is 1. The Labute approximate surface area is 124 Å². The number of nitrogens with one attached hydrogen (secondary N) is 1. The fourth-order valence-electron chi connectivity index (χ4n) is 3.45. The van der Waals surface area contributed by atoms with Crippen LogP contribution in [0.1, 0.15) is 24.8 Å². The molecule has 0 aromatic heterocycles. The van der Waals surface area contributed by atoms with E-state index in [0.717, 1.165) is 24.8 Å². The highest BCUT2D eigenvalue weighted by atomic mass is 16.5. The van der Waals surface area contributed by atoms with Crippen LogP contribution < -0.4 is 5.32 Å². The molecule has 3 fully saturated rings. The highest BCUT2D eigenvalue weighted by Crippen LogP contribution is 2.55. The molecule has 2 aliphatic heterocycles. The Morgan fingerprint density at radius 2 is 2.10 bits per heavy atom. The minimum Gasteiger partial charge on any atom is -0.445 e. The molecule has 0 radical (unpaired) electrons. The standard InChI is InChI=1S/C16H21NO4/c18-12-15-6-7-21-16(9-15,10-15)11-17-14(19)20-8-13-4-2-1-3-5-13/h1-5,18H,6-12H2,(H,17,19). The van der Waals surface area contributed by atoms with Gasteiger partial charge in [0, 0.05) is 25.2 Å². The van der Waals surface area contributed by atoms with Crippen LogP contribution in [0.4, 0.5) is 4.79 Å². The third kappa shape index (κ3) is 3.04. The van der Waals surface area contributed by atoms with Crippen molar-refractivity contribution in [1.82, 2.24) is 5.32 Å². The molecule has 5 nitrogen and oxygen atoms in total. The van der Waals surface area contributed by atoms with Gasteiger partial charge in [-0.3, -0.25) is 0 Å². The Bertz CT molecular complexity index is 496. The first-order chi connectivity index (χ1) is 10.2. The Balaban J connectivity index is 1.42. The van der Waals surface area contributed by atoms with Gasteiger partial charge in [0.15, 0.2) is 0 Å². The lowest BCUT2D eigenvalue weighted by Gasteiger charge is -2.59. The Kier molecular flexibility index (Phi) is 3.87. The summed E-state index contributed by atoms with van der Waals surface area (Å²) in [4.78, 5) is 11.7. The highest BCUT2D eigenvalue weighted by molar-refractivity contribution is 5.67. The van der Waals surface area contributed by atoms with E-state index in [-0.39, 0.29) is 24.2 Å². The molecule has 0 spiro atoms. The van der Waals surface area contributed by atoms with E-state index in [9.17, 15) is 9.90 Å². The van der Waals surface area contributed by atoms with Crippen molar-refractivity contribution in [3.8, 4) is 0 Å². The predicted octanol–water partition coefficient (Wildman–Crippen LogP) is 1.84. The van der Waals surface area contributed by atoms with Crippen molar-refractivity contribution < 1.29 is 19.4 Å². The molecule has 2 bridgehead atoms. The van der Waals surface area contributed by atoms with Gasteiger partial charge in [0.05, 0.1) is 5.60 Å². The van der Waals surface area contributed by atoms with Gasteiger partial charge in [0.1, 0.15) is 6.61 Å². The molecular formula is C16H21NO4. The number of hydrogen-bond acceptors (Lipinski definition) is 4. The lowest BCUT2D eigenvalue weighted by molar-refractivity contribution is -0.232. The molecule has 3 aliphatic rings. The molecule has 0 atom stereocenters. The van der Waals surface area contributed by atoms with Gasteiger partial charge in [-0.2, -0.15) is 0 Å². The number of benzene rings is 1. The monoisotopic (exact) mass is 291 g/mol. The van der Waals surface area contributed by atoms with Gasteiger partial charge in [-0.15, -0.1) is 0 Å². The summed E-state index contributed by atoms with van der Waals surface area (Å²) in [5.74, 6) is 0. The van der Waals surface area contributed by atoms with E-state index in [0.29, 0.717) is 13.2 Å². The Morgan fingerprint density at radius 3 is 2.81 bits per heavy atom. The summed E-state index contributed by atoms with van der Waals surface area (Å²) in [5.41, 5.74) is 0.684. The van der Waals surface area contributed by atoms with E-state index in [1.807, 2.05) is 30.3 Å². The first kappa shape index (κ1) is 14.4. The molecule has 1 aliphatic carbocycles. The van der Waals surface area contributed by atoms with E-state index in [1.165, 1.54) is 0 Å². The molecule has 1 aromatic rings. The molecule has 21 heavy (non-hydrogen) atoms. The molecule has 0 unspecified atom stereocenters. The van der Waals surface area contributed by atoms with Gasteiger partial charge >= 0.3 is 6.09 Å². The largest absolute Gasteiger partial charge is 0.445 e. The maximum absolute atomic E-state index is 11.7. The van der Waals surface area contributed by atoms with Crippen molar-refractivity contribution in [1.29, 1.82) is 0 Å². The van der Waals surface area contributed by atoms with Gasteiger partial charge in [-0.05, 0) is 24.8 Å². The fraction of sp³-hybridized carbons (Fsp3) is 0.562. The van der Waals surface area contributed by atoms with Crippen LogP contribution in [0.2, 0.25) is 0 Å². The summed E-state index contributed by atoms with van der Waals surface area (Å²) in [6, 6.07) is 9.57. The van der Waals surface area contributed by atoms with Gasteiger partial charge < -0.3 is 19.9 Å². The zero-order valence-corrected chi connectivity index (χ0v) is 12.0. The predicted molar refractivity (Wildman–Crippen MR) is 76.7 cm³/mol. The quantitative estimate of drug-likeness (QED) is 0.868. The van der Waals surface area contributed by atoms with Crippen LogP contribution in [0.25, 0.3) is 0 Å². The van der Waals surface area contributed by atoms with Crippen molar-refractivity contribution in [2.24, 2.45) is 5.41 Å². The number of carbonyl (C=O) groups is 1. The molecule has 4 rings (SSSR count). The maximum Gasteiger partial charge on any atom is 0.407 e. The molecule has 5 heteroatoms. The van der Waals surface area contributed by atoms with Gasteiger partial charge in [-0.25, -0.2) is 4.79 Å². The van der Waals surface area contributed by atoms with Crippen LogP contribution in [-0.2, 0) is 16.1 Å². The summed E-state index contributed by atoms with van der Waals surface area (Å²) in [6.07, 6.45) is 2.11. The smallest absolute Gasteiger partial charge is 0.407 e.